The Morgan fingerprint density at radius 1 is 1.12 bits per heavy atom. The van der Waals surface area contributed by atoms with Crippen LogP contribution in [0.15, 0.2) is 48.5 Å². The SMILES string of the molecule is COc1ccc(C2NNC3NC(=O)CC(c4ccccc4C#N)C32)cc1. The van der Waals surface area contributed by atoms with Crippen molar-refractivity contribution in [2.45, 2.75) is 24.5 Å². The standard InChI is InChI=1S/C20H20N4O2/c1-26-14-8-6-12(7-9-14)19-18-16(10-17(25)22-20(18)24-23-19)15-5-3-2-4-13(15)11-21/h2-9,16,18-20,23-24H,10H2,1H3,(H,22,25). The number of carbonyl (C=O) groups is 1. The van der Waals surface area contributed by atoms with E-state index in [4.69, 9.17) is 4.74 Å². The van der Waals surface area contributed by atoms with Gasteiger partial charge in [0.15, 0.2) is 0 Å². The van der Waals surface area contributed by atoms with Crippen LogP contribution in [0, 0.1) is 17.2 Å². The molecular weight excluding hydrogens is 328 g/mol. The van der Waals surface area contributed by atoms with Gasteiger partial charge in [0.1, 0.15) is 5.75 Å². The van der Waals surface area contributed by atoms with Crippen LogP contribution < -0.4 is 20.9 Å². The van der Waals surface area contributed by atoms with Gasteiger partial charge < -0.3 is 10.1 Å². The average Bonchev–Trinajstić information content (AvgIpc) is 3.11. The first kappa shape index (κ1) is 16.6. The number of fused-ring (bicyclic) bond motifs is 1. The monoisotopic (exact) mass is 348 g/mol. The summed E-state index contributed by atoms with van der Waals surface area (Å²) in [6.07, 6.45) is 0.190. The lowest BCUT2D eigenvalue weighted by Gasteiger charge is -2.36. The molecule has 4 unspecified atom stereocenters. The average molecular weight is 348 g/mol. The van der Waals surface area contributed by atoms with Crippen molar-refractivity contribution in [3.8, 4) is 11.8 Å². The molecule has 1 amide bonds. The molecule has 26 heavy (non-hydrogen) atoms. The molecule has 0 bridgehead atoms. The Balaban J connectivity index is 1.73. The van der Waals surface area contributed by atoms with Gasteiger partial charge in [-0.05, 0) is 29.3 Å². The summed E-state index contributed by atoms with van der Waals surface area (Å²) in [5, 5.41) is 12.5. The third-order valence-corrected chi connectivity index (χ3v) is 5.31. The summed E-state index contributed by atoms with van der Waals surface area (Å²) in [6.45, 7) is 0. The van der Waals surface area contributed by atoms with E-state index in [1.54, 1.807) is 7.11 Å². The summed E-state index contributed by atoms with van der Waals surface area (Å²) >= 11 is 0. The number of piperidine rings is 1. The molecule has 0 saturated carbocycles. The molecule has 2 fully saturated rings. The molecule has 2 aliphatic heterocycles. The number of carbonyl (C=O) groups excluding carboxylic acids is 1. The number of hydrogen-bond donors (Lipinski definition) is 3. The molecule has 2 heterocycles. The summed E-state index contributed by atoms with van der Waals surface area (Å²) in [5.74, 6) is 0.850. The Morgan fingerprint density at radius 3 is 2.62 bits per heavy atom. The van der Waals surface area contributed by atoms with E-state index in [1.165, 1.54) is 0 Å². The second kappa shape index (κ2) is 6.79. The molecule has 4 rings (SSSR count). The number of hydrazine groups is 1. The molecule has 2 aromatic rings. The van der Waals surface area contributed by atoms with Crippen molar-refractivity contribution in [2.75, 3.05) is 7.11 Å². The van der Waals surface area contributed by atoms with Gasteiger partial charge in [-0.2, -0.15) is 5.26 Å². The van der Waals surface area contributed by atoms with Crippen LogP contribution in [-0.4, -0.2) is 19.2 Å². The highest BCUT2D eigenvalue weighted by atomic mass is 16.5. The number of benzene rings is 2. The third kappa shape index (κ3) is 2.81. The number of methoxy groups -OCH3 is 1. The highest BCUT2D eigenvalue weighted by molar-refractivity contribution is 5.78. The predicted octanol–water partition coefficient (Wildman–Crippen LogP) is 1.96. The summed E-state index contributed by atoms with van der Waals surface area (Å²) < 4.78 is 5.24. The highest BCUT2D eigenvalue weighted by Gasteiger charge is 2.47. The minimum absolute atomic E-state index is 0.00586. The van der Waals surface area contributed by atoms with Crippen molar-refractivity contribution in [1.29, 1.82) is 5.26 Å². The maximum Gasteiger partial charge on any atom is 0.221 e. The fourth-order valence-electron chi connectivity index (χ4n) is 4.09. The summed E-state index contributed by atoms with van der Waals surface area (Å²) in [6, 6.07) is 17.8. The van der Waals surface area contributed by atoms with Crippen LogP contribution in [0.2, 0.25) is 0 Å². The van der Waals surface area contributed by atoms with Crippen LogP contribution in [0.5, 0.6) is 5.75 Å². The van der Waals surface area contributed by atoms with E-state index in [9.17, 15) is 10.1 Å². The minimum Gasteiger partial charge on any atom is -0.497 e. The van der Waals surface area contributed by atoms with Crippen LogP contribution >= 0.6 is 0 Å². The molecule has 6 heteroatoms. The van der Waals surface area contributed by atoms with Crippen LogP contribution in [0.4, 0.5) is 0 Å². The molecule has 3 N–H and O–H groups in total. The lowest BCUT2D eigenvalue weighted by Crippen LogP contribution is -2.52. The van der Waals surface area contributed by atoms with Crippen molar-refractivity contribution >= 4 is 5.91 Å². The Morgan fingerprint density at radius 2 is 1.88 bits per heavy atom. The first-order chi connectivity index (χ1) is 12.7. The lowest BCUT2D eigenvalue weighted by atomic mass is 9.73. The van der Waals surface area contributed by atoms with Gasteiger partial charge in [-0.3, -0.25) is 4.79 Å². The largest absolute Gasteiger partial charge is 0.497 e. The van der Waals surface area contributed by atoms with E-state index in [0.29, 0.717) is 12.0 Å². The van der Waals surface area contributed by atoms with Gasteiger partial charge in [0.25, 0.3) is 0 Å². The van der Waals surface area contributed by atoms with Crippen LogP contribution in [0.1, 0.15) is 35.1 Å². The van der Waals surface area contributed by atoms with Gasteiger partial charge >= 0.3 is 0 Å². The van der Waals surface area contributed by atoms with Gasteiger partial charge in [-0.1, -0.05) is 30.3 Å². The molecule has 0 radical (unpaired) electrons. The Kier molecular flexibility index (Phi) is 4.33. The number of nitrogens with one attached hydrogen (secondary N) is 3. The van der Waals surface area contributed by atoms with Crippen molar-refractivity contribution in [3.63, 3.8) is 0 Å². The summed E-state index contributed by atoms with van der Waals surface area (Å²) in [7, 11) is 1.64. The van der Waals surface area contributed by atoms with E-state index < -0.39 is 0 Å². The molecule has 0 spiro atoms. The van der Waals surface area contributed by atoms with E-state index in [2.05, 4.69) is 22.2 Å². The van der Waals surface area contributed by atoms with Crippen molar-refractivity contribution in [2.24, 2.45) is 5.92 Å². The van der Waals surface area contributed by atoms with Crippen LogP contribution in [0.25, 0.3) is 0 Å². The fraction of sp³-hybridized carbons (Fsp3) is 0.300. The van der Waals surface area contributed by atoms with Gasteiger partial charge in [0.05, 0.1) is 31.0 Å². The van der Waals surface area contributed by atoms with Gasteiger partial charge in [-0.15, -0.1) is 0 Å². The van der Waals surface area contributed by atoms with Crippen molar-refractivity contribution in [3.05, 3.63) is 65.2 Å². The number of nitriles is 1. The zero-order valence-corrected chi connectivity index (χ0v) is 14.4. The topological polar surface area (TPSA) is 86.2 Å². The molecule has 0 aliphatic carbocycles. The minimum atomic E-state index is -0.180. The van der Waals surface area contributed by atoms with E-state index >= 15 is 0 Å². The number of amides is 1. The maximum absolute atomic E-state index is 12.2. The van der Waals surface area contributed by atoms with E-state index in [-0.39, 0.29) is 30.0 Å². The smallest absolute Gasteiger partial charge is 0.221 e. The number of hydrogen-bond acceptors (Lipinski definition) is 5. The van der Waals surface area contributed by atoms with Crippen molar-refractivity contribution < 1.29 is 9.53 Å². The van der Waals surface area contributed by atoms with Crippen LogP contribution in [-0.2, 0) is 4.79 Å². The molecule has 2 aromatic carbocycles. The number of rotatable bonds is 3. The normalized spacial score (nSPS) is 27.3. The zero-order valence-electron chi connectivity index (χ0n) is 14.4. The van der Waals surface area contributed by atoms with Crippen LogP contribution in [0.3, 0.4) is 0 Å². The third-order valence-electron chi connectivity index (χ3n) is 5.31. The van der Waals surface area contributed by atoms with E-state index in [1.807, 2.05) is 48.5 Å². The van der Waals surface area contributed by atoms with Crippen molar-refractivity contribution in [1.82, 2.24) is 16.2 Å². The summed E-state index contributed by atoms with van der Waals surface area (Å²) in [5.41, 5.74) is 9.21. The predicted molar refractivity (Wildman–Crippen MR) is 95.9 cm³/mol. The van der Waals surface area contributed by atoms with Gasteiger partial charge in [0, 0.05) is 18.3 Å². The first-order valence-electron chi connectivity index (χ1n) is 8.64. The Labute approximate surface area is 152 Å². The van der Waals surface area contributed by atoms with E-state index in [0.717, 1.165) is 16.9 Å². The molecule has 2 aliphatic rings. The van der Waals surface area contributed by atoms with Gasteiger partial charge in [0.2, 0.25) is 5.91 Å². The Hall–Kier alpha value is -2.88. The quantitative estimate of drug-likeness (QED) is 0.789. The fourth-order valence-corrected chi connectivity index (χ4v) is 4.09. The molecule has 0 aromatic heterocycles. The second-order valence-electron chi connectivity index (χ2n) is 6.67. The molecule has 2 saturated heterocycles. The number of nitrogens with zero attached hydrogens (tertiary/aromatic N) is 1. The second-order valence-corrected chi connectivity index (χ2v) is 6.67. The molecule has 6 nitrogen and oxygen atoms in total. The molecule has 4 atom stereocenters. The maximum atomic E-state index is 12.2. The zero-order chi connectivity index (χ0) is 18.1. The highest BCUT2D eigenvalue weighted by Crippen LogP contribution is 2.44. The van der Waals surface area contributed by atoms with Gasteiger partial charge in [-0.25, -0.2) is 10.9 Å². The Bertz CT molecular complexity index is 859. The summed E-state index contributed by atoms with van der Waals surface area (Å²) in [4.78, 5) is 12.2. The number of ether oxygens (including phenoxy) is 1. The molecular formula is C20H20N4O2. The first-order valence-corrected chi connectivity index (χ1v) is 8.64. The molecule has 132 valence electrons. The lowest BCUT2D eigenvalue weighted by molar-refractivity contribution is -0.125.